The van der Waals surface area contributed by atoms with E-state index in [9.17, 15) is 21.2 Å². The molecule has 0 saturated carbocycles. The number of sulfonamides is 2. The van der Waals surface area contributed by atoms with E-state index >= 15 is 0 Å². The molecule has 1 aliphatic rings. The van der Waals surface area contributed by atoms with Crippen LogP contribution in [-0.2, 0) is 20.0 Å². The molecular formula is C14H23ClFN3O4S2. The third-order valence-electron chi connectivity index (χ3n) is 3.95. The van der Waals surface area contributed by atoms with Crippen molar-refractivity contribution >= 4 is 38.1 Å². The molecule has 0 amide bonds. The van der Waals surface area contributed by atoms with E-state index in [1.165, 1.54) is 24.2 Å². The van der Waals surface area contributed by atoms with E-state index in [-0.39, 0.29) is 42.1 Å². The summed E-state index contributed by atoms with van der Waals surface area (Å²) in [5.74, 6) is -0.936. The Hall–Kier alpha value is -0.940. The van der Waals surface area contributed by atoms with Crippen LogP contribution in [0.2, 0.25) is 0 Å². The van der Waals surface area contributed by atoms with Crippen LogP contribution in [0.15, 0.2) is 23.1 Å². The van der Waals surface area contributed by atoms with E-state index in [1.807, 2.05) is 0 Å². The highest BCUT2D eigenvalue weighted by atomic mass is 35.5. The number of rotatable bonds is 5. The number of anilines is 1. The summed E-state index contributed by atoms with van der Waals surface area (Å²) in [6.45, 7) is 3.49. The first-order valence-corrected chi connectivity index (χ1v) is 10.6. The quantitative estimate of drug-likeness (QED) is 0.757. The minimum absolute atomic E-state index is 0. The number of benzene rings is 1. The summed E-state index contributed by atoms with van der Waals surface area (Å²) in [7, 11) is -7.54. The van der Waals surface area contributed by atoms with Gasteiger partial charge in [0.2, 0.25) is 20.0 Å². The summed E-state index contributed by atoms with van der Waals surface area (Å²) in [6.07, 6.45) is 1.10. The fourth-order valence-electron chi connectivity index (χ4n) is 2.28. The SMILES string of the molecule is CC(C)S(=O)(=O)Nc1ccc(S(=O)(=O)N2CCC(N)CC2)cc1F.Cl. The topological polar surface area (TPSA) is 110 Å². The molecule has 0 aliphatic carbocycles. The summed E-state index contributed by atoms with van der Waals surface area (Å²) in [5.41, 5.74) is 5.48. The molecule has 1 saturated heterocycles. The Kier molecular flexibility index (Phi) is 7.22. The van der Waals surface area contributed by atoms with Crippen LogP contribution in [0.3, 0.4) is 0 Å². The van der Waals surface area contributed by atoms with Gasteiger partial charge in [-0.3, -0.25) is 4.72 Å². The fourth-order valence-corrected chi connectivity index (χ4v) is 4.47. The van der Waals surface area contributed by atoms with Crippen LogP contribution < -0.4 is 10.5 Å². The number of piperidine rings is 1. The number of halogens is 2. The summed E-state index contributed by atoms with van der Waals surface area (Å²) >= 11 is 0. The monoisotopic (exact) mass is 415 g/mol. The van der Waals surface area contributed by atoms with Gasteiger partial charge in [-0.25, -0.2) is 21.2 Å². The Labute approximate surface area is 154 Å². The van der Waals surface area contributed by atoms with Crippen molar-refractivity contribution in [2.75, 3.05) is 17.8 Å². The largest absolute Gasteiger partial charge is 0.328 e. The molecule has 0 aromatic heterocycles. The Morgan fingerprint density at radius 3 is 2.24 bits per heavy atom. The van der Waals surface area contributed by atoms with Gasteiger partial charge in [0.1, 0.15) is 5.82 Å². The van der Waals surface area contributed by atoms with Crippen molar-refractivity contribution in [3.8, 4) is 0 Å². The van der Waals surface area contributed by atoms with Crippen molar-refractivity contribution < 1.29 is 21.2 Å². The Bertz CT molecular complexity index is 807. The summed E-state index contributed by atoms with van der Waals surface area (Å²) in [6, 6.07) is 3.13. The van der Waals surface area contributed by atoms with Crippen molar-refractivity contribution in [1.82, 2.24) is 4.31 Å². The lowest BCUT2D eigenvalue weighted by Crippen LogP contribution is -2.42. The Morgan fingerprint density at radius 1 is 1.20 bits per heavy atom. The molecule has 0 bridgehead atoms. The van der Waals surface area contributed by atoms with Crippen LogP contribution in [-0.4, -0.2) is 45.5 Å². The second-order valence-electron chi connectivity index (χ2n) is 6.08. The fraction of sp³-hybridized carbons (Fsp3) is 0.571. The first-order chi connectivity index (χ1) is 11.0. The minimum Gasteiger partial charge on any atom is -0.328 e. The van der Waals surface area contributed by atoms with Gasteiger partial charge >= 0.3 is 0 Å². The van der Waals surface area contributed by atoms with Gasteiger partial charge in [-0.1, -0.05) is 0 Å². The molecule has 0 atom stereocenters. The highest BCUT2D eigenvalue weighted by Crippen LogP contribution is 2.25. The zero-order valence-corrected chi connectivity index (χ0v) is 16.4. The van der Waals surface area contributed by atoms with Crippen molar-refractivity contribution in [3.05, 3.63) is 24.0 Å². The molecule has 1 aliphatic heterocycles. The van der Waals surface area contributed by atoms with Crippen molar-refractivity contribution in [2.45, 2.75) is 42.9 Å². The first-order valence-electron chi connectivity index (χ1n) is 7.61. The third-order valence-corrected chi connectivity index (χ3v) is 7.59. The second kappa shape index (κ2) is 8.17. The van der Waals surface area contributed by atoms with Gasteiger partial charge in [-0.15, -0.1) is 12.4 Å². The van der Waals surface area contributed by atoms with Crippen LogP contribution in [0.5, 0.6) is 0 Å². The van der Waals surface area contributed by atoms with Gasteiger partial charge in [0.15, 0.2) is 0 Å². The van der Waals surface area contributed by atoms with Crippen LogP contribution in [0.25, 0.3) is 0 Å². The minimum atomic E-state index is -3.82. The molecule has 1 fully saturated rings. The molecule has 7 nitrogen and oxygen atoms in total. The summed E-state index contributed by atoms with van der Waals surface area (Å²) in [4.78, 5) is -0.206. The van der Waals surface area contributed by atoms with Gasteiger partial charge in [0, 0.05) is 19.1 Å². The summed E-state index contributed by atoms with van der Waals surface area (Å²) < 4.78 is 66.2. The molecule has 2 rings (SSSR count). The van der Waals surface area contributed by atoms with Crippen LogP contribution in [0.1, 0.15) is 26.7 Å². The molecule has 1 aromatic carbocycles. The van der Waals surface area contributed by atoms with E-state index in [2.05, 4.69) is 4.72 Å². The molecule has 144 valence electrons. The van der Waals surface area contributed by atoms with Gasteiger partial charge in [-0.2, -0.15) is 4.31 Å². The molecule has 0 unspecified atom stereocenters. The van der Waals surface area contributed by atoms with E-state index in [0.717, 1.165) is 12.1 Å². The van der Waals surface area contributed by atoms with Crippen LogP contribution in [0, 0.1) is 5.82 Å². The van der Waals surface area contributed by atoms with Gasteiger partial charge in [0.05, 0.1) is 15.8 Å². The smallest absolute Gasteiger partial charge is 0.243 e. The third kappa shape index (κ3) is 5.04. The number of nitrogens with two attached hydrogens (primary N) is 1. The Morgan fingerprint density at radius 2 is 1.76 bits per heavy atom. The molecule has 25 heavy (non-hydrogen) atoms. The van der Waals surface area contributed by atoms with Gasteiger partial charge < -0.3 is 5.73 Å². The van der Waals surface area contributed by atoms with Crippen LogP contribution >= 0.6 is 12.4 Å². The highest BCUT2D eigenvalue weighted by molar-refractivity contribution is 7.93. The maximum Gasteiger partial charge on any atom is 0.243 e. The van der Waals surface area contributed by atoms with Crippen molar-refractivity contribution in [2.24, 2.45) is 5.73 Å². The number of hydrogen-bond acceptors (Lipinski definition) is 5. The normalized spacial score (nSPS) is 17.3. The molecule has 0 radical (unpaired) electrons. The number of hydrogen-bond donors (Lipinski definition) is 2. The average molecular weight is 416 g/mol. The zero-order valence-electron chi connectivity index (χ0n) is 14.0. The second-order valence-corrected chi connectivity index (χ2v) is 10.3. The lowest BCUT2D eigenvalue weighted by molar-refractivity contribution is 0.320. The van der Waals surface area contributed by atoms with Crippen molar-refractivity contribution in [3.63, 3.8) is 0 Å². The maximum atomic E-state index is 14.2. The van der Waals surface area contributed by atoms with E-state index in [1.54, 1.807) is 0 Å². The highest BCUT2D eigenvalue weighted by Gasteiger charge is 2.29. The molecule has 3 N–H and O–H groups in total. The van der Waals surface area contributed by atoms with E-state index in [0.29, 0.717) is 12.8 Å². The maximum absolute atomic E-state index is 14.2. The molecule has 0 spiro atoms. The molecular weight excluding hydrogens is 393 g/mol. The summed E-state index contributed by atoms with van der Waals surface area (Å²) in [5, 5.41) is -0.738. The van der Waals surface area contributed by atoms with Gasteiger partial charge in [-0.05, 0) is 44.9 Å². The van der Waals surface area contributed by atoms with Crippen LogP contribution in [0.4, 0.5) is 10.1 Å². The van der Waals surface area contributed by atoms with E-state index in [4.69, 9.17) is 5.73 Å². The molecule has 1 aromatic rings. The van der Waals surface area contributed by atoms with Gasteiger partial charge in [0.25, 0.3) is 0 Å². The molecule has 1 heterocycles. The van der Waals surface area contributed by atoms with E-state index < -0.39 is 31.1 Å². The zero-order chi connectivity index (χ0) is 18.1. The lowest BCUT2D eigenvalue weighted by Gasteiger charge is -2.29. The average Bonchev–Trinajstić information content (AvgIpc) is 2.49. The number of nitrogens with one attached hydrogen (secondary N) is 1. The lowest BCUT2D eigenvalue weighted by atomic mass is 10.1. The standard InChI is InChI=1S/C14H22FN3O4S2.ClH/c1-10(2)23(19,20)17-14-4-3-12(9-13(14)15)24(21,22)18-7-5-11(16)6-8-18;/h3-4,9-11,17H,5-8,16H2,1-2H3;1H. The Balaban J connectivity index is 0.00000312. The first kappa shape index (κ1) is 22.1. The number of nitrogens with zero attached hydrogens (tertiary/aromatic N) is 1. The predicted octanol–water partition coefficient (Wildman–Crippen LogP) is 1.51. The molecule has 11 heteroatoms. The predicted molar refractivity (Wildman–Crippen MR) is 97.3 cm³/mol. The van der Waals surface area contributed by atoms with Crippen molar-refractivity contribution in [1.29, 1.82) is 0 Å².